The van der Waals surface area contributed by atoms with Crippen LogP contribution in [0.2, 0.25) is 5.02 Å². The molecular weight excluding hydrogens is 400 g/mol. The van der Waals surface area contributed by atoms with Crippen LogP contribution in [0.1, 0.15) is 21.1 Å². The average Bonchev–Trinajstić information content (AvgIpc) is 3.17. The number of thiazole rings is 1. The number of halogens is 1. The van der Waals surface area contributed by atoms with Gasteiger partial charge < -0.3 is 19.5 Å². The van der Waals surface area contributed by atoms with Gasteiger partial charge in [0.25, 0.3) is 5.91 Å². The van der Waals surface area contributed by atoms with Crippen molar-refractivity contribution in [2.24, 2.45) is 0 Å². The van der Waals surface area contributed by atoms with E-state index in [2.05, 4.69) is 10.3 Å². The summed E-state index contributed by atoms with van der Waals surface area (Å²) in [5.74, 6) is 1.29. The van der Waals surface area contributed by atoms with Crippen LogP contribution in [0.25, 0.3) is 0 Å². The summed E-state index contributed by atoms with van der Waals surface area (Å²) in [6, 6.07) is 10.9. The van der Waals surface area contributed by atoms with Crippen LogP contribution in [0.5, 0.6) is 17.2 Å². The first kappa shape index (κ1) is 20.0. The van der Waals surface area contributed by atoms with Gasteiger partial charge in [0, 0.05) is 11.4 Å². The number of hydrogen-bond acceptors (Lipinski definition) is 6. The smallest absolute Gasteiger partial charge is 0.275 e. The van der Waals surface area contributed by atoms with Crippen molar-refractivity contribution in [2.75, 3.05) is 19.5 Å². The molecule has 28 heavy (non-hydrogen) atoms. The molecule has 1 heterocycles. The second kappa shape index (κ2) is 8.95. The number of ether oxygens (including phenoxy) is 3. The van der Waals surface area contributed by atoms with E-state index < -0.39 is 0 Å². The molecule has 1 N–H and O–H groups in total. The lowest BCUT2D eigenvalue weighted by atomic mass is 10.2. The third-order valence-corrected chi connectivity index (χ3v) is 5.01. The molecule has 0 unspecified atom stereocenters. The normalized spacial score (nSPS) is 10.4. The minimum Gasteiger partial charge on any atom is -0.495 e. The Hall–Kier alpha value is -2.77. The fourth-order valence-electron chi connectivity index (χ4n) is 2.41. The minimum atomic E-state index is -0.364. The Bertz CT molecular complexity index is 973. The zero-order chi connectivity index (χ0) is 20.1. The summed E-state index contributed by atoms with van der Waals surface area (Å²) in [5, 5.41) is 5.51. The van der Waals surface area contributed by atoms with Crippen LogP contribution in [-0.2, 0) is 6.61 Å². The first-order valence-corrected chi connectivity index (χ1v) is 9.62. The molecule has 0 fully saturated rings. The molecule has 0 atom stereocenters. The zero-order valence-corrected chi connectivity index (χ0v) is 17.2. The highest BCUT2D eigenvalue weighted by atomic mass is 35.5. The van der Waals surface area contributed by atoms with Crippen molar-refractivity contribution in [3.05, 3.63) is 63.1 Å². The van der Waals surface area contributed by atoms with E-state index in [4.69, 9.17) is 25.8 Å². The number of hydrogen-bond donors (Lipinski definition) is 1. The van der Waals surface area contributed by atoms with Gasteiger partial charge in [0.1, 0.15) is 34.6 Å². The Morgan fingerprint density at radius 3 is 2.54 bits per heavy atom. The Morgan fingerprint density at radius 2 is 1.86 bits per heavy atom. The molecular formula is C20H19ClN2O4S. The van der Waals surface area contributed by atoms with Crippen LogP contribution < -0.4 is 19.5 Å². The van der Waals surface area contributed by atoms with Gasteiger partial charge in [-0.3, -0.25) is 4.79 Å². The Balaban J connectivity index is 1.67. The quantitative estimate of drug-likeness (QED) is 0.587. The molecule has 0 saturated heterocycles. The number of methoxy groups -OCH3 is 2. The molecule has 0 saturated carbocycles. The van der Waals surface area contributed by atoms with Crippen molar-refractivity contribution in [2.45, 2.75) is 13.5 Å². The summed E-state index contributed by atoms with van der Waals surface area (Å²) in [7, 11) is 3.01. The number of carbonyl (C=O) groups is 1. The SMILES string of the molecule is COc1cc(OC)c(NC(=O)c2csc(COc3ccc(C)cc3)n2)cc1Cl. The van der Waals surface area contributed by atoms with Crippen LogP contribution in [0, 0.1) is 6.92 Å². The molecule has 3 rings (SSSR count). The van der Waals surface area contributed by atoms with Gasteiger partial charge in [-0.1, -0.05) is 29.3 Å². The van der Waals surface area contributed by atoms with Crippen LogP contribution in [0.4, 0.5) is 5.69 Å². The van der Waals surface area contributed by atoms with E-state index >= 15 is 0 Å². The molecule has 0 spiro atoms. The van der Waals surface area contributed by atoms with Gasteiger partial charge in [-0.2, -0.15) is 0 Å². The van der Waals surface area contributed by atoms with Gasteiger partial charge in [0.2, 0.25) is 0 Å². The summed E-state index contributed by atoms with van der Waals surface area (Å²) in [4.78, 5) is 16.9. The maximum absolute atomic E-state index is 12.5. The van der Waals surface area contributed by atoms with Gasteiger partial charge in [-0.25, -0.2) is 4.98 Å². The van der Waals surface area contributed by atoms with Crippen molar-refractivity contribution in [1.82, 2.24) is 4.98 Å². The molecule has 0 aliphatic heterocycles. The van der Waals surface area contributed by atoms with Crippen molar-refractivity contribution in [3.63, 3.8) is 0 Å². The van der Waals surface area contributed by atoms with E-state index in [1.807, 2.05) is 31.2 Å². The highest BCUT2D eigenvalue weighted by Gasteiger charge is 2.16. The number of benzene rings is 2. The standard InChI is InChI=1S/C20H19ClN2O4S/c1-12-4-6-13(7-5-12)27-10-19-22-16(11-28-19)20(24)23-15-8-14(21)17(25-2)9-18(15)26-3/h4-9,11H,10H2,1-3H3,(H,23,24). The van der Waals surface area contributed by atoms with Crippen LogP contribution >= 0.6 is 22.9 Å². The zero-order valence-electron chi connectivity index (χ0n) is 15.6. The number of rotatable bonds is 7. The molecule has 1 aromatic heterocycles. The maximum Gasteiger partial charge on any atom is 0.275 e. The highest BCUT2D eigenvalue weighted by Crippen LogP contribution is 2.36. The van der Waals surface area contributed by atoms with Gasteiger partial charge >= 0.3 is 0 Å². The third-order valence-electron chi connectivity index (χ3n) is 3.89. The second-order valence-electron chi connectivity index (χ2n) is 5.87. The van der Waals surface area contributed by atoms with Crippen molar-refractivity contribution in [3.8, 4) is 17.2 Å². The fourth-order valence-corrected chi connectivity index (χ4v) is 3.33. The Morgan fingerprint density at radius 1 is 1.14 bits per heavy atom. The number of nitrogens with one attached hydrogen (secondary N) is 1. The summed E-state index contributed by atoms with van der Waals surface area (Å²) in [6.45, 7) is 2.30. The topological polar surface area (TPSA) is 69.7 Å². The van der Waals surface area contributed by atoms with E-state index in [0.717, 1.165) is 11.3 Å². The van der Waals surface area contributed by atoms with Gasteiger partial charge in [0.05, 0.1) is 24.9 Å². The highest BCUT2D eigenvalue weighted by molar-refractivity contribution is 7.09. The molecule has 0 aliphatic carbocycles. The van der Waals surface area contributed by atoms with Crippen LogP contribution in [-0.4, -0.2) is 25.1 Å². The van der Waals surface area contributed by atoms with Crippen LogP contribution in [0.3, 0.4) is 0 Å². The van der Waals surface area contributed by atoms with Gasteiger partial charge in [-0.05, 0) is 25.1 Å². The number of anilines is 1. The lowest BCUT2D eigenvalue weighted by Crippen LogP contribution is -2.13. The van der Waals surface area contributed by atoms with E-state index in [-0.39, 0.29) is 5.91 Å². The van der Waals surface area contributed by atoms with E-state index in [9.17, 15) is 4.79 Å². The predicted molar refractivity (Wildman–Crippen MR) is 110 cm³/mol. The monoisotopic (exact) mass is 418 g/mol. The maximum atomic E-state index is 12.5. The predicted octanol–water partition coefficient (Wildman–Crippen LogP) is 4.95. The molecule has 3 aromatic rings. The number of carbonyl (C=O) groups excluding carboxylic acids is 1. The lowest BCUT2D eigenvalue weighted by molar-refractivity contribution is 0.102. The molecule has 1 amide bonds. The largest absolute Gasteiger partial charge is 0.495 e. The first-order chi connectivity index (χ1) is 13.5. The van der Waals surface area contributed by atoms with E-state index in [1.165, 1.54) is 25.6 Å². The Kier molecular flexibility index (Phi) is 6.38. The molecule has 6 nitrogen and oxygen atoms in total. The minimum absolute atomic E-state index is 0.290. The van der Waals surface area contributed by atoms with Crippen molar-refractivity contribution < 1.29 is 19.0 Å². The fraction of sp³-hybridized carbons (Fsp3) is 0.200. The molecule has 0 radical (unpaired) electrons. The Labute approximate surface area is 172 Å². The summed E-state index contributed by atoms with van der Waals surface area (Å²) < 4.78 is 16.1. The number of aromatic nitrogens is 1. The number of amides is 1. The van der Waals surface area contributed by atoms with Gasteiger partial charge in [-0.15, -0.1) is 11.3 Å². The molecule has 0 aliphatic rings. The third kappa shape index (κ3) is 4.74. The van der Waals surface area contributed by atoms with Crippen molar-refractivity contribution >= 4 is 34.5 Å². The van der Waals surface area contributed by atoms with Crippen molar-refractivity contribution in [1.29, 1.82) is 0 Å². The van der Waals surface area contributed by atoms with E-state index in [0.29, 0.717) is 39.5 Å². The molecule has 146 valence electrons. The summed E-state index contributed by atoms with van der Waals surface area (Å²) >= 11 is 7.50. The first-order valence-electron chi connectivity index (χ1n) is 8.37. The summed E-state index contributed by atoms with van der Waals surface area (Å²) in [6.07, 6.45) is 0. The molecule has 0 bridgehead atoms. The second-order valence-corrected chi connectivity index (χ2v) is 7.22. The van der Waals surface area contributed by atoms with Gasteiger partial charge in [0.15, 0.2) is 0 Å². The lowest BCUT2D eigenvalue weighted by Gasteiger charge is -2.12. The average molecular weight is 419 g/mol. The number of aryl methyl sites for hydroxylation is 1. The summed E-state index contributed by atoms with van der Waals surface area (Å²) in [5.41, 5.74) is 1.89. The van der Waals surface area contributed by atoms with Crippen LogP contribution in [0.15, 0.2) is 41.8 Å². The molecule has 2 aromatic carbocycles. The molecule has 8 heteroatoms. The van der Waals surface area contributed by atoms with E-state index in [1.54, 1.807) is 17.5 Å². The number of nitrogens with zero attached hydrogens (tertiary/aromatic N) is 1.